The second-order valence-corrected chi connectivity index (χ2v) is 10.4. The summed E-state index contributed by atoms with van der Waals surface area (Å²) < 4.78 is 12.5. The number of aliphatic hydroxyl groups is 1. The zero-order chi connectivity index (χ0) is 24.1. The first-order valence-corrected chi connectivity index (χ1v) is 12.7. The molecule has 0 amide bonds. The average Bonchev–Trinajstić information content (AvgIpc) is 3.13. The highest BCUT2D eigenvalue weighted by Crippen LogP contribution is 2.59. The highest BCUT2D eigenvalue weighted by molar-refractivity contribution is 5.86. The normalized spacial score (nSPS) is 36.1. The number of ether oxygens (including phenoxy) is 2. The number of Topliss-reactive ketones (excluding diaryl/α,β-unsaturated/α-hetero) is 1. The van der Waals surface area contributed by atoms with Gasteiger partial charge in [-0.25, -0.2) is 4.79 Å². The first-order valence-electron chi connectivity index (χ1n) is 12.7. The van der Waals surface area contributed by atoms with E-state index in [2.05, 4.69) is 12.2 Å². The van der Waals surface area contributed by atoms with Crippen molar-refractivity contribution in [3.05, 3.63) is 23.3 Å². The van der Waals surface area contributed by atoms with E-state index in [1.165, 1.54) is 0 Å². The number of aliphatic carboxylic acids is 1. The Morgan fingerprint density at radius 1 is 0.970 bits per heavy atom. The second-order valence-electron chi connectivity index (χ2n) is 10.4. The van der Waals surface area contributed by atoms with Crippen LogP contribution < -0.4 is 0 Å². The molecule has 6 nitrogen and oxygen atoms in total. The number of carboxylic acid groups (broad SMARTS) is 1. The molecule has 3 aliphatic rings. The van der Waals surface area contributed by atoms with Crippen molar-refractivity contribution >= 4 is 11.8 Å². The van der Waals surface area contributed by atoms with Gasteiger partial charge in [0.1, 0.15) is 11.4 Å². The summed E-state index contributed by atoms with van der Waals surface area (Å²) in [5.74, 6) is -0.771. The predicted octanol–water partition coefficient (Wildman–Crippen LogP) is 4.99. The number of carbonyl (C=O) groups excluding carboxylic acids is 1. The molecule has 33 heavy (non-hydrogen) atoms. The standard InChI is InChI=1S/C27H42O6/c1-19(28)11-5-4-8-14-26(23-12-6-9-15-32-23)17-22(20(2)21(3)25(29)30)18-27(26,31)24-13-7-10-16-33-24/h8,14,22-24,31H,4-7,9-13,15-18H2,1-3H3,(H,29,30). The Morgan fingerprint density at radius 3 is 2.15 bits per heavy atom. The summed E-state index contributed by atoms with van der Waals surface area (Å²) in [5, 5.41) is 22.1. The maximum Gasteiger partial charge on any atom is 0.331 e. The molecule has 2 heterocycles. The molecule has 186 valence electrons. The van der Waals surface area contributed by atoms with Gasteiger partial charge in [0, 0.05) is 30.6 Å². The van der Waals surface area contributed by atoms with E-state index < -0.39 is 17.0 Å². The van der Waals surface area contributed by atoms with Crippen molar-refractivity contribution in [1.29, 1.82) is 0 Å². The molecule has 2 saturated heterocycles. The van der Waals surface area contributed by atoms with E-state index in [0.29, 0.717) is 38.0 Å². The number of rotatable bonds is 9. The van der Waals surface area contributed by atoms with Gasteiger partial charge in [-0.3, -0.25) is 0 Å². The summed E-state index contributed by atoms with van der Waals surface area (Å²) in [6.45, 7) is 6.49. The monoisotopic (exact) mass is 462 g/mol. The molecule has 2 aliphatic heterocycles. The van der Waals surface area contributed by atoms with E-state index in [0.717, 1.165) is 56.9 Å². The number of carboxylic acids is 1. The maximum absolute atomic E-state index is 12.5. The third-order valence-corrected chi connectivity index (χ3v) is 8.25. The zero-order valence-electron chi connectivity index (χ0n) is 20.6. The Labute approximate surface area is 198 Å². The van der Waals surface area contributed by atoms with Crippen LogP contribution in [0.25, 0.3) is 0 Å². The van der Waals surface area contributed by atoms with Gasteiger partial charge in [0.15, 0.2) is 0 Å². The minimum absolute atomic E-state index is 0.0518. The van der Waals surface area contributed by atoms with Crippen molar-refractivity contribution < 1.29 is 29.3 Å². The molecule has 0 spiro atoms. The number of carbonyl (C=O) groups is 2. The SMILES string of the molecule is CC(=O)CCCC=CC1(C2CCCCO2)CC(C(C)=C(C)C(=O)O)CC1(O)C1CCCCO1. The van der Waals surface area contributed by atoms with E-state index in [1.807, 2.05) is 6.92 Å². The summed E-state index contributed by atoms with van der Waals surface area (Å²) in [6.07, 6.45) is 12.8. The average molecular weight is 463 g/mol. The van der Waals surface area contributed by atoms with Gasteiger partial charge in [-0.1, -0.05) is 17.7 Å². The van der Waals surface area contributed by atoms with Crippen LogP contribution in [0, 0.1) is 11.3 Å². The van der Waals surface area contributed by atoms with Crippen LogP contribution in [0.5, 0.6) is 0 Å². The first-order chi connectivity index (χ1) is 15.7. The lowest BCUT2D eigenvalue weighted by Gasteiger charge is -2.50. The van der Waals surface area contributed by atoms with Crippen LogP contribution >= 0.6 is 0 Å². The molecule has 0 aromatic rings. The van der Waals surface area contributed by atoms with Crippen LogP contribution in [-0.4, -0.2) is 53.0 Å². The summed E-state index contributed by atoms with van der Waals surface area (Å²) in [6, 6.07) is 0. The zero-order valence-corrected chi connectivity index (χ0v) is 20.6. The Hall–Kier alpha value is -1.50. The Balaban J connectivity index is 2.01. The fourth-order valence-electron chi connectivity index (χ4n) is 6.19. The largest absolute Gasteiger partial charge is 0.478 e. The van der Waals surface area contributed by atoms with Gasteiger partial charge in [-0.2, -0.15) is 0 Å². The Kier molecular flexibility index (Phi) is 8.93. The molecule has 1 saturated carbocycles. The second kappa shape index (κ2) is 11.3. The van der Waals surface area contributed by atoms with Crippen molar-refractivity contribution in [2.75, 3.05) is 13.2 Å². The Morgan fingerprint density at radius 2 is 1.61 bits per heavy atom. The van der Waals surface area contributed by atoms with Crippen molar-refractivity contribution in [2.24, 2.45) is 11.3 Å². The predicted molar refractivity (Wildman–Crippen MR) is 127 cm³/mol. The molecule has 0 aromatic carbocycles. The molecule has 0 bridgehead atoms. The van der Waals surface area contributed by atoms with Crippen LogP contribution in [0.4, 0.5) is 0 Å². The van der Waals surface area contributed by atoms with Gasteiger partial charge in [0.25, 0.3) is 0 Å². The van der Waals surface area contributed by atoms with Crippen LogP contribution in [0.2, 0.25) is 0 Å². The molecule has 0 aromatic heterocycles. The molecule has 2 N–H and O–H groups in total. The van der Waals surface area contributed by atoms with Crippen molar-refractivity contribution in [3.8, 4) is 0 Å². The summed E-state index contributed by atoms with van der Waals surface area (Å²) >= 11 is 0. The highest BCUT2D eigenvalue weighted by Gasteiger charge is 2.64. The fraction of sp³-hybridized carbons (Fsp3) is 0.778. The summed E-state index contributed by atoms with van der Waals surface area (Å²) in [4.78, 5) is 23.1. The van der Waals surface area contributed by atoms with Crippen molar-refractivity contribution in [1.82, 2.24) is 0 Å². The van der Waals surface area contributed by atoms with E-state index >= 15 is 0 Å². The van der Waals surface area contributed by atoms with Crippen LogP contribution in [0.15, 0.2) is 23.3 Å². The van der Waals surface area contributed by atoms with Gasteiger partial charge in [-0.05, 0) is 90.9 Å². The maximum atomic E-state index is 12.5. The highest BCUT2D eigenvalue weighted by atomic mass is 16.5. The number of hydrogen-bond donors (Lipinski definition) is 2. The van der Waals surface area contributed by atoms with Gasteiger partial charge in [0.2, 0.25) is 0 Å². The topological polar surface area (TPSA) is 93.1 Å². The first kappa shape index (κ1) is 26.1. The molecular formula is C27H42O6. The molecule has 3 rings (SSSR count). The molecular weight excluding hydrogens is 420 g/mol. The van der Waals surface area contributed by atoms with Crippen LogP contribution in [0.3, 0.4) is 0 Å². The molecule has 1 aliphatic carbocycles. The van der Waals surface area contributed by atoms with E-state index in [1.54, 1.807) is 13.8 Å². The smallest absolute Gasteiger partial charge is 0.331 e. The molecule has 3 fully saturated rings. The van der Waals surface area contributed by atoms with Gasteiger partial charge in [0.05, 0.1) is 12.2 Å². The minimum Gasteiger partial charge on any atom is -0.478 e. The van der Waals surface area contributed by atoms with Crippen LogP contribution in [0.1, 0.15) is 91.4 Å². The molecule has 6 heteroatoms. The van der Waals surface area contributed by atoms with Gasteiger partial charge in [-0.15, -0.1) is 0 Å². The number of unbranched alkanes of at least 4 members (excludes halogenated alkanes) is 1. The quantitative estimate of drug-likeness (QED) is 0.285. The molecule has 5 atom stereocenters. The number of hydrogen-bond acceptors (Lipinski definition) is 5. The molecule has 0 radical (unpaired) electrons. The van der Waals surface area contributed by atoms with E-state index in [4.69, 9.17) is 9.47 Å². The minimum atomic E-state index is -1.13. The lowest BCUT2D eigenvalue weighted by molar-refractivity contribution is -0.201. The number of allylic oxidation sites excluding steroid dienone is 2. The third kappa shape index (κ3) is 5.60. The van der Waals surface area contributed by atoms with Gasteiger partial charge < -0.3 is 24.5 Å². The van der Waals surface area contributed by atoms with Crippen LogP contribution in [-0.2, 0) is 19.1 Å². The lowest BCUT2D eigenvalue weighted by Crippen LogP contribution is -2.59. The Bertz CT molecular complexity index is 759. The summed E-state index contributed by atoms with van der Waals surface area (Å²) in [7, 11) is 0. The van der Waals surface area contributed by atoms with Gasteiger partial charge >= 0.3 is 5.97 Å². The van der Waals surface area contributed by atoms with E-state index in [9.17, 15) is 19.8 Å². The summed E-state index contributed by atoms with van der Waals surface area (Å²) in [5.41, 5.74) is -0.578. The fourth-order valence-corrected chi connectivity index (χ4v) is 6.19. The third-order valence-electron chi connectivity index (χ3n) is 8.25. The van der Waals surface area contributed by atoms with E-state index in [-0.39, 0.29) is 23.9 Å². The van der Waals surface area contributed by atoms with Crippen molar-refractivity contribution in [2.45, 2.75) is 109 Å². The lowest BCUT2D eigenvalue weighted by atomic mass is 9.64. The number of ketones is 1. The molecule has 5 unspecified atom stereocenters. The van der Waals surface area contributed by atoms with Crippen molar-refractivity contribution in [3.63, 3.8) is 0 Å².